The molecular weight excluding hydrogens is 131 g/mol. The second-order valence-electron chi connectivity index (χ2n) is 1.52. The van der Waals surface area contributed by atoms with Crippen molar-refractivity contribution in [2.75, 3.05) is 0 Å². The Labute approximate surface area is 50.5 Å². The molecule has 0 aliphatic heterocycles. The van der Waals surface area contributed by atoms with Crippen LogP contribution < -0.4 is 0 Å². The summed E-state index contributed by atoms with van der Waals surface area (Å²) in [6.07, 6.45) is -4.86. The SMILES string of the molecule is O=C(O)C(O)CC(O)F. The number of aliphatic hydroxyl groups is 2. The molecule has 2 atom stereocenters. The highest BCUT2D eigenvalue weighted by Crippen LogP contribution is 1.98. The van der Waals surface area contributed by atoms with Crippen LogP contribution in [0.3, 0.4) is 0 Å². The van der Waals surface area contributed by atoms with E-state index in [1.807, 2.05) is 0 Å². The Kier molecular flexibility index (Phi) is 3.11. The van der Waals surface area contributed by atoms with Gasteiger partial charge in [0.2, 0.25) is 0 Å². The highest BCUT2D eigenvalue weighted by molar-refractivity contribution is 5.71. The summed E-state index contributed by atoms with van der Waals surface area (Å²) in [6, 6.07) is 0. The van der Waals surface area contributed by atoms with E-state index in [0.29, 0.717) is 0 Å². The molecule has 0 aliphatic carbocycles. The van der Waals surface area contributed by atoms with Crippen LogP contribution in [0, 0.1) is 0 Å². The lowest BCUT2D eigenvalue weighted by Crippen LogP contribution is -2.23. The summed E-state index contributed by atoms with van der Waals surface area (Å²) >= 11 is 0. The van der Waals surface area contributed by atoms with Gasteiger partial charge in [-0.25, -0.2) is 9.18 Å². The van der Waals surface area contributed by atoms with Crippen molar-refractivity contribution in [3.63, 3.8) is 0 Å². The molecule has 0 saturated carbocycles. The van der Waals surface area contributed by atoms with Crippen LogP contribution in [0.2, 0.25) is 0 Å². The predicted molar refractivity (Wildman–Crippen MR) is 25.4 cm³/mol. The minimum absolute atomic E-state index is 0.782. The van der Waals surface area contributed by atoms with E-state index in [9.17, 15) is 9.18 Å². The average Bonchev–Trinajstić information content (AvgIpc) is 1.63. The van der Waals surface area contributed by atoms with Crippen LogP contribution >= 0.6 is 0 Å². The summed E-state index contributed by atoms with van der Waals surface area (Å²) in [4.78, 5) is 9.71. The minimum atomic E-state index is -2.27. The molecule has 0 radical (unpaired) electrons. The van der Waals surface area contributed by atoms with E-state index in [0.717, 1.165) is 0 Å². The zero-order valence-electron chi connectivity index (χ0n) is 4.49. The quantitative estimate of drug-likeness (QED) is 0.472. The van der Waals surface area contributed by atoms with E-state index in [-0.39, 0.29) is 0 Å². The fourth-order valence-corrected chi connectivity index (χ4v) is 0.285. The van der Waals surface area contributed by atoms with Crippen LogP contribution in [0.1, 0.15) is 6.42 Å². The van der Waals surface area contributed by atoms with Crippen LogP contribution in [0.4, 0.5) is 4.39 Å². The number of hydrogen-bond donors (Lipinski definition) is 3. The van der Waals surface area contributed by atoms with Crippen molar-refractivity contribution < 1.29 is 24.5 Å². The largest absolute Gasteiger partial charge is 0.479 e. The second kappa shape index (κ2) is 3.37. The highest BCUT2D eigenvalue weighted by atomic mass is 19.1. The molecule has 0 spiro atoms. The predicted octanol–water partition coefficient (Wildman–Crippen LogP) is -0.890. The molecule has 0 aromatic carbocycles. The van der Waals surface area contributed by atoms with Gasteiger partial charge in [0.25, 0.3) is 0 Å². The molecule has 0 aromatic rings. The van der Waals surface area contributed by atoms with Crippen molar-refractivity contribution in [3.05, 3.63) is 0 Å². The smallest absolute Gasteiger partial charge is 0.332 e. The summed E-state index contributed by atoms with van der Waals surface area (Å²) in [5, 5.41) is 24.1. The minimum Gasteiger partial charge on any atom is -0.479 e. The van der Waals surface area contributed by atoms with Crippen molar-refractivity contribution in [2.45, 2.75) is 18.9 Å². The van der Waals surface area contributed by atoms with Gasteiger partial charge in [-0.3, -0.25) is 0 Å². The van der Waals surface area contributed by atoms with E-state index >= 15 is 0 Å². The van der Waals surface area contributed by atoms with Crippen LogP contribution in [-0.2, 0) is 4.79 Å². The van der Waals surface area contributed by atoms with Gasteiger partial charge < -0.3 is 15.3 Å². The lowest BCUT2D eigenvalue weighted by Gasteiger charge is -2.03. The number of carboxylic acid groups (broad SMARTS) is 1. The number of alkyl halides is 1. The third kappa shape index (κ3) is 3.87. The van der Waals surface area contributed by atoms with Crippen molar-refractivity contribution in [1.29, 1.82) is 0 Å². The highest BCUT2D eigenvalue weighted by Gasteiger charge is 2.16. The molecule has 3 N–H and O–H groups in total. The maximum absolute atomic E-state index is 11.4. The van der Waals surface area contributed by atoms with E-state index in [4.69, 9.17) is 15.3 Å². The van der Waals surface area contributed by atoms with Crippen molar-refractivity contribution in [3.8, 4) is 0 Å². The van der Waals surface area contributed by atoms with Gasteiger partial charge in [0.05, 0.1) is 0 Å². The van der Waals surface area contributed by atoms with Crippen molar-refractivity contribution in [1.82, 2.24) is 0 Å². The number of carboxylic acids is 1. The Bertz CT molecular complexity index is 103. The van der Waals surface area contributed by atoms with Crippen LogP contribution in [0.5, 0.6) is 0 Å². The zero-order valence-corrected chi connectivity index (χ0v) is 4.49. The molecule has 0 saturated heterocycles. The van der Waals surface area contributed by atoms with E-state index < -0.39 is 24.9 Å². The van der Waals surface area contributed by atoms with Gasteiger partial charge in [-0.15, -0.1) is 0 Å². The second-order valence-corrected chi connectivity index (χ2v) is 1.52. The number of hydrogen-bond acceptors (Lipinski definition) is 3. The molecule has 0 bridgehead atoms. The number of carbonyl (C=O) groups is 1. The molecule has 0 fully saturated rings. The van der Waals surface area contributed by atoms with E-state index in [2.05, 4.69) is 0 Å². The molecule has 4 nitrogen and oxygen atoms in total. The molecule has 2 unspecified atom stereocenters. The van der Waals surface area contributed by atoms with Gasteiger partial charge in [0.1, 0.15) is 0 Å². The van der Waals surface area contributed by atoms with Crippen molar-refractivity contribution in [2.24, 2.45) is 0 Å². The Morgan fingerprint density at radius 2 is 2.00 bits per heavy atom. The number of aliphatic carboxylic acids is 1. The molecule has 9 heavy (non-hydrogen) atoms. The van der Waals surface area contributed by atoms with Gasteiger partial charge in [-0.1, -0.05) is 0 Å². The van der Waals surface area contributed by atoms with Gasteiger partial charge in [0.15, 0.2) is 12.5 Å². The van der Waals surface area contributed by atoms with Crippen molar-refractivity contribution >= 4 is 5.97 Å². The summed E-state index contributed by atoms with van der Waals surface area (Å²) < 4.78 is 11.4. The number of rotatable bonds is 3. The summed E-state index contributed by atoms with van der Waals surface area (Å²) in [7, 11) is 0. The first-order chi connectivity index (χ1) is 4.04. The average molecular weight is 138 g/mol. The first-order valence-corrected chi connectivity index (χ1v) is 2.27. The van der Waals surface area contributed by atoms with Crippen LogP contribution in [-0.4, -0.2) is 33.8 Å². The number of aliphatic hydroxyl groups excluding tert-OH is 2. The van der Waals surface area contributed by atoms with Gasteiger partial charge in [-0.05, 0) is 0 Å². The monoisotopic (exact) mass is 138 g/mol. The molecule has 0 rings (SSSR count). The molecule has 0 amide bonds. The lowest BCUT2D eigenvalue weighted by molar-refractivity contribution is -0.149. The third-order valence-electron chi connectivity index (χ3n) is 0.703. The standard InChI is InChI=1S/C4H7FO4/c5-3(7)1-2(6)4(8)9/h2-3,6-7H,1H2,(H,8,9). The fraction of sp³-hybridized carbons (Fsp3) is 0.750. The zero-order chi connectivity index (χ0) is 7.44. The first-order valence-electron chi connectivity index (χ1n) is 2.27. The molecule has 5 heteroatoms. The maximum Gasteiger partial charge on any atom is 0.332 e. The Hall–Kier alpha value is -0.680. The van der Waals surface area contributed by atoms with E-state index in [1.165, 1.54) is 0 Å². The topological polar surface area (TPSA) is 77.8 Å². The first kappa shape index (κ1) is 8.32. The summed E-state index contributed by atoms with van der Waals surface area (Å²) in [5.41, 5.74) is 0. The number of halogens is 1. The van der Waals surface area contributed by atoms with E-state index in [1.54, 1.807) is 0 Å². The van der Waals surface area contributed by atoms with Gasteiger partial charge in [0, 0.05) is 6.42 Å². The molecule has 0 heterocycles. The van der Waals surface area contributed by atoms with Crippen LogP contribution in [0.25, 0.3) is 0 Å². The molecular formula is C4H7FO4. The van der Waals surface area contributed by atoms with Gasteiger partial charge in [-0.2, -0.15) is 0 Å². The Morgan fingerprint density at radius 3 is 2.11 bits per heavy atom. The molecule has 54 valence electrons. The maximum atomic E-state index is 11.4. The van der Waals surface area contributed by atoms with Gasteiger partial charge >= 0.3 is 5.97 Å². The van der Waals surface area contributed by atoms with Crippen LogP contribution in [0.15, 0.2) is 0 Å². The molecule has 0 aliphatic rings. The normalized spacial score (nSPS) is 16.8. The fourth-order valence-electron chi connectivity index (χ4n) is 0.285. The summed E-state index contributed by atoms with van der Waals surface area (Å²) in [6.45, 7) is 0. The Morgan fingerprint density at radius 1 is 1.56 bits per heavy atom. The third-order valence-corrected chi connectivity index (χ3v) is 0.703. The Balaban J connectivity index is 3.50. The summed E-state index contributed by atoms with van der Waals surface area (Å²) in [5.74, 6) is -1.54. The molecule has 0 aromatic heterocycles. The lowest BCUT2D eigenvalue weighted by atomic mass is 10.2.